The number of carbonyl (C=O) groups is 1. The molecule has 32 heavy (non-hydrogen) atoms. The van der Waals surface area contributed by atoms with Gasteiger partial charge in [-0.15, -0.1) is 10.2 Å². The minimum Gasteiger partial charge on any atom is -0.447 e. The number of hydrogen-bond donors (Lipinski definition) is 0. The van der Waals surface area contributed by atoms with Crippen molar-refractivity contribution >= 4 is 35.0 Å². The van der Waals surface area contributed by atoms with Crippen LogP contribution in [0.15, 0.2) is 53.7 Å². The van der Waals surface area contributed by atoms with Crippen LogP contribution in [-0.4, -0.2) is 26.8 Å². The molecule has 1 aliphatic heterocycles. The van der Waals surface area contributed by atoms with Crippen molar-refractivity contribution in [2.45, 2.75) is 50.9 Å². The van der Waals surface area contributed by atoms with E-state index in [1.807, 2.05) is 42.5 Å². The van der Waals surface area contributed by atoms with Gasteiger partial charge in [0.1, 0.15) is 0 Å². The zero-order valence-corrected chi connectivity index (χ0v) is 19.7. The molecule has 1 unspecified atom stereocenters. The molecule has 166 valence electrons. The second-order valence-corrected chi connectivity index (χ2v) is 9.02. The van der Waals surface area contributed by atoms with Crippen molar-refractivity contribution in [2.24, 2.45) is 0 Å². The van der Waals surface area contributed by atoms with Crippen molar-refractivity contribution in [1.82, 2.24) is 15.2 Å². The Morgan fingerprint density at radius 1 is 1.09 bits per heavy atom. The number of fused-ring (bicyclic) bond motifs is 3. The Bertz CT molecular complexity index is 1110. The van der Waals surface area contributed by atoms with Crippen molar-refractivity contribution in [3.8, 4) is 17.1 Å². The van der Waals surface area contributed by atoms with Crippen LogP contribution >= 0.6 is 23.4 Å². The molecule has 0 aliphatic carbocycles. The Hall–Kier alpha value is -2.64. The molecular weight excluding hydrogens is 444 g/mol. The van der Waals surface area contributed by atoms with Crippen LogP contribution in [0.25, 0.3) is 11.3 Å². The van der Waals surface area contributed by atoms with E-state index in [0.717, 1.165) is 17.7 Å². The van der Waals surface area contributed by atoms with E-state index in [1.165, 1.54) is 26.2 Å². The molecule has 0 saturated heterocycles. The number of nitrogens with zero attached hydrogens (tertiary/aromatic N) is 4. The van der Waals surface area contributed by atoms with Crippen LogP contribution in [-0.2, 0) is 4.79 Å². The second-order valence-electron chi connectivity index (χ2n) is 7.56. The number of benzene rings is 2. The fourth-order valence-electron chi connectivity index (χ4n) is 3.68. The number of unbranched alkanes of at least 4 members (excludes halogenated alkanes) is 3. The average Bonchev–Trinajstić information content (AvgIpc) is 2.93. The summed E-state index contributed by atoms with van der Waals surface area (Å²) in [4.78, 5) is 19.1. The van der Waals surface area contributed by atoms with Crippen LogP contribution in [0, 0.1) is 0 Å². The lowest BCUT2D eigenvalue weighted by Crippen LogP contribution is -2.36. The van der Waals surface area contributed by atoms with Gasteiger partial charge >= 0.3 is 0 Å². The fraction of sp³-hybridized carbons (Fsp3) is 0.333. The smallest absolute Gasteiger partial charge is 0.247 e. The van der Waals surface area contributed by atoms with Gasteiger partial charge < -0.3 is 4.74 Å². The van der Waals surface area contributed by atoms with Crippen LogP contribution in [0.4, 0.5) is 5.69 Å². The monoisotopic (exact) mass is 468 g/mol. The van der Waals surface area contributed by atoms with Crippen LogP contribution < -0.4 is 9.64 Å². The third-order valence-corrected chi connectivity index (χ3v) is 6.52. The van der Waals surface area contributed by atoms with Crippen LogP contribution in [0.5, 0.6) is 5.88 Å². The van der Waals surface area contributed by atoms with Gasteiger partial charge in [0, 0.05) is 28.8 Å². The number of hydrogen-bond acceptors (Lipinski definition) is 6. The fourth-order valence-corrected chi connectivity index (χ4v) is 4.69. The third kappa shape index (κ3) is 4.74. The van der Waals surface area contributed by atoms with Crippen LogP contribution in [0.1, 0.15) is 51.3 Å². The molecule has 2 heterocycles. The molecule has 3 aromatic rings. The number of thioether (sulfide) groups is 1. The van der Waals surface area contributed by atoms with E-state index in [9.17, 15) is 4.79 Å². The Balaban J connectivity index is 1.76. The molecule has 1 amide bonds. The second kappa shape index (κ2) is 10.3. The average molecular weight is 469 g/mol. The summed E-state index contributed by atoms with van der Waals surface area (Å²) in [5.74, 6) is 1.09. The predicted molar refractivity (Wildman–Crippen MR) is 128 cm³/mol. The first-order chi connectivity index (χ1) is 15.6. The zero-order valence-electron chi connectivity index (χ0n) is 18.1. The summed E-state index contributed by atoms with van der Waals surface area (Å²) in [5.41, 5.74) is 2.61. The molecule has 4 rings (SSSR count). The maximum absolute atomic E-state index is 12.8. The summed E-state index contributed by atoms with van der Waals surface area (Å²) in [7, 11) is 0. The van der Waals surface area contributed by atoms with Gasteiger partial charge in [0.05, 0.1) is 5.69 Å². The maximum Gasteiger partial charge on any atom is 0.247 e. The van der Waals surface area contributed by atoms with Crippen molar-refractivity contribution in [3.63, 3.8) is 0 Å². The van der Waals surface area contributed by atoms with Crippen molar-refractivity contribution in [3.05, 3.63) is 59.1 Å². The van der Waals surface area contributed by atoms with Gasteiger partial charge in [-0.25, -0.2) is 0 Å². The highest BCUT2D eigenvalue weighted by molar-refractivity contribution is 7.99. The summed E-state index contributed by atoms with van der Waals surface area (Å²) in [6.45, 7) is 3.71. The first-order valence-corrected chi connectivity index (χ1v) is 12.1. The number of halogens is 1. The zero-order chi connectivity index (χ0) is 22.5. The number of para-hydroxylation sites is 1. The summed E-state index contributed by atoms with van der Waals surface area (Å²) < 4.78 is 6.36. The number of anilines is 1. The number of aromatic nitrogens is 3. The summed E-state index contributed by atoms with van der Waals surface area (Å²) >= 11 is 8.07. The first-order valence-electron chi connectivity index (χ1n) is 10.8. The molecule has 0 radical (unpaired) electrons. The highest BCUT2D eigenvalue weighted by Crippen LogP contribution is 2.44. The van der Waals surface area contributed by atoms with Crippen LogP contribution in [0.2, 0.25) is 5.02 Å². The predicted octanol–water partition coefficient (Wildman–Crippen LogP) is 6.31. The lowest BCUT2D eigenvalue weighted by atomic mass is 10.1. The van der Waals surface area contributed by atoms with Gasteiger partial charge in [-0.05, 0) is 18.6 Å². The molecule has 0 spiro atoms. The molecule has 6 nitrogen and oxygen atoms in total. The topological polar surface area (TPSA) is 68.2 Å². The summed E-state index contributed by atoms with van der Waals surface area (Å²) in [6, 6.07) is 14.9. The number of carbonyl (C=O) groups excluding carboxylic acids is 1. The van der Waals surface area contributed by atoms with Gasteiger partial charge in [-0.1, -0.05) is 85.9 Å². The number of amides is 1. The molecular formula is C24H25ClN4O2S. The Kier molecular flexibility index (Phi) is 7.27. The van der Waals surface area contributed by atoms with Gasteiger partial charge in [-0.3, -0.25) is 9.69 Å². The minimum absolute atomic E-state index is 0.173. The normalized spacial score (nSPS) is 14.8. The molecule has 0 saturated carbocycles. The highest BCUT2D eigenvalue weighted by Gasteiger charge is 2.35. The van der Waals surface area contributed by atoms with Crippen molar-refractivity contribution < 1.29 is 9.53 Å². The molecule has 0 bridgehead atoms. The van der Waals surface area contributed by atoms with Crippen molar-refractivity contribution in [1.29, 1.82) is 0 Å². The van der Waals surface area contributed by atoms with E-state index in [4.69, 9.17) is 16.3 Å². The van der Waals surface area contributed by atoms with Gasteiger partial charge in [-0.2, -0.15) is 4.98 Å². The molecule has 1 atom stereocenters. The molecule has 0 fully saturated rings. The van der Waals surface area contributed by atoms with Crippen molar-refractivity contribution in [2.75, 3.05) is 10.7 Å². The lowest BCUT2D eigenvalue weighted by molar-refractivity contribution is -0.118. The van der Waals surface area contributed by atoms with Gasteiger partial charge in [0.25, 0.3) is 0 Å². The highest BCUT2D eigenvalue weighted by atomic mass is 35.5. The summed E-state index contributed by atoms with van der Waals surface area (Å²) in [5, 5.41) is 9.85. The standard InChI is InChI=1S/C24H25ClN4O2S/c1-3-4-5-10-15-32-24-26-22-21(27-28-24)18-12-7-9-14-20(18)29(16(2)30)23(31-22)17-11-6-8-13-19(17)25/h6-9,11-14,23H,3-5,10,15H2,1-2H3. The van der Waals surface area contributed by atoms with E-state index in [0.29, 0.717) is 33.0 Å². The third-order valence-electron chi connectivity index (χ3n) is 5.25. The van der Waals surface area contributed by atoms with E-state index in [1.54, 1.807) is 22.7 Å². The first kappa shape index (κ1) is 22.6. The number of rotatable bonds is 7. The molecule has 0 N–H and O–H groups in total. The quantitative estimate of drug-likeness (QED) is 0.299. The largest absolute Gasteiger partial charge is 0.447 e. The van der Waals surface area contributed by atoms with E-state index >= 15 is 0 Å². The van der Waals surface area contributed by atoms with Crippen LogP contribution in [0.3, 0.4) is 0 Å². The van der Waals surface area contributed by atoms with E-state index < -0.39 is 6.23 Å². The Morgan fingerprint density at radius 2 is 1.88 bits per heavy atom. The summed E-state index contributed by atoms with van der Waals surface area (Å²) in [6.07, 6.45) is 3.94. The number of ether oxygens (including phenoxy) is 1. The molecule has 8 heteroatoms. The van der Waals surface area contributed by atoms with E-state index in [2.05, 4.69) is 22.1 Å². The minimum atomic E-state index is -0.775. The van der Waals surface area contributed by atoms with E-state index in [-0.39, 0.29) is 5.91 Å². The van der Waals surface area contributed by atoms with Gasteiger partial charge in [0.15, 0.2) is 5.69 Å². The Morgan fingerprint density at radius 3 is 2.66 bits per heavy atom. The Labute approximate surface area is 197 Å². The molecule has 1 aliphatic rings. The maximum atomic E-state index is 12.8. The molecule has 2 aromatic carbocycles. The molecule has 1 aromatic heterocycles. The SMILES string of the molecule is CCCCCCSc1nnc2c(n1)OC(c1ccccc1Cl)N(C(C)=O)c1ccccc1-2. The van der Waals surface area contributed by atoms with Gasteiger partial charge in [0.2, 0.25) is 23.2 Å². The lowest BCUT2D eigenvalue weighted by Gasteiger charge is -2.30.